The first-order valence-electron chi connectivity index (χ1n) is 6.10. The van der Waals surface area contributed by atoms with Crippen LogP contribution in [0.25, 0.3) is 0 Å². The Bertz CT molecular complexity index is 317. The van der Waals surface area contributed by atoms with Gasteiger partial charge in [0.15, 0.2) is 0 Å². The molecule has 0 unspecified atom stereocenters. The molecule has 0 aromatic carbocycles. The lowest BCUT2D eigenvalue weighted by molar-refractivity contribution is 0.499. The van der Waals surface area contributed by atoms with Crippen molar-refractivity contribution in [2.24, 2.45) is 5.73 Å². The van der Waals surface area contributed by atoms with E-state index < -0.39 is 0 Å². The van der Waals surface area contributed by atoms with Gasteiger partial charge in [0, 0.05) is 18.2 Å². The normalized spacial score (nSPS) is 20.3. The highest BCUT2D eigenvalue weighted by Gasteiger charge is 2.23. The number of aryl methyl sites for hydroxylation is 1. The van der Waals surface area contributed by atoms with Crippen molar-refractivity contribution in [2.75, 3.05) is 6.54 Å². The van der Waals surface area contributed by atoms with E-state index in [1.54, 1.807) is 0 Å². The van der Waals surface area contributed by atoms with E-state index in [4.69, 9.17) is 5.73 Å². The van der Waals surface area contributed by atoms with Crippen LogP contribution in [-0.2, 0) is 13.0 Å². The molecule has 3 heteroatoms. The molecule has 0 aliphatic heterocycles. The predicted octanol–water partition coefficient (Wildman–Crippen LogP) is 2.06. The third-order valence-corrected chi connectivity index (χ3v) is 3.31. The fraction of sp³-hybridized carbons (Fsp3) is 0.750. The molecule has 0 fully saturated rings. The molecule has 84 valence electrons. The van der Waals surface area contributed by atoms with Gasteiger partial charge in [-0.3, -0.25) is 0 Å². The van der Waals surface area contributed by atoms with Gasteiger partial charge in [0.05, 0.1) is 12.0 Å². The van der Waals surface area contributed by atoms with Crippen LogP contribution < -0.4 is 5.73 Å². The zero-order chi connectivity index (χ0) is 10.7. The van der Waals surface area contributed by atoms with Crippen molar-refractivity contribution < 1.29 is 0 Å². The third-order valence-electron chi connectivity index (χ3n) is 3.31. The van der Waals surface area contributed by atoms with Crippen molar-refractivity contribution in [3.8, 4) is 0 Å². The monoisotopic (exact) mass is 207 g/mol. The molecule has 0 radical (unpaired) electrons. The number of imidazole rings is 1. The Labute approximate surface area is 91.7 Å². The molecule has 2 rings (SSSR count). The number of hydrogen-bond acceptors (Lipinski definition) is 2. The molecule has 2 N–H and O–H groups in total. The Morgan fingerprint density at radius 1 is 1.60 bits per heavy atom. The van der Waals surface area contributed by atoms with Crippen molar-refractivity contribution in [3.05, 3.63) is 17.7 Å². The molecule has 15 heavy (non-hydrogen) atoms. The van der Waals surface area contributed by atoms with Crippen molar-refractivity contribution in [2.45, 2.75) is 51.5 Å². The summed E-state index contributed by atoms with van der Waals surface area (Å²) in [6.45, 7) is 4.11. The summed E-state index contributed by atoms with van der Waals surface area (Å²) in [5.74, 6) is 0.622. The van der Waals surface area contributed by atoms with Crippen LogP contribution in [0.2, 0.25) is 0 Å². The molecule has 1 aromatic heterocycles. The van der Waals surface area contributed by atoms with E-state index in [2.05, 4.69) is 16.5 Å². The first-order valence-corrected chi connectivity index (χ1v) is 6.10. The van der Waals surface area contributed by atoms with Crippen LogP contribution in [0.15, 0.2) is 6.33 Å². The lowest BCUT2D eigenvalue weighted by atomic mass is 9.87. The van der Waals surface area contributed by atoms with Gasteiger partial charge < -0.3 is 10.3 Å². The molecule has 0 bridgehead atoms. The minimum atomic E-state index is 0.622. The number of nitrogens with zero attached hydrogens (tertiary/aromatic N) is 2. The van der Waals surface area contributed by atoms with Crippen LogP contribution in [0, 0.1) is 0 Å². The van der Waals surface area contributed by atoms with E-state index in [1.807, 2.05) is 6.33 Å². The number of hydrogen-bond donors (Lipinski definition) is 1. The fourth-order valence-corrected chi connectivity index (χ4v) is 2.60. The van der Waals surface area contributed by atoms with Crippen molar-refractivity contribution in [1.29, 1.82) is 0 Å². The zero-order valence-corrected chi connectivity index (χ0v) is 9.58. The molecule has 1 atom stereocenters. The molecule has 1 aliphatic rings. The highest BCUT2D eigenvalue weighted by molar-refractivity contribution is 5.21. The van der Waals surface area contributed by atoms with E-state index in [1.165, 1.54) is 37.1 Å². The van der Waals surface area contributed by atoms with Crippen LogP contribution in [0.3, 0.4) is 0 Å². The van der Waals surface area contributed by atoms with Crippen LogP contribution in [0.4, 0.5) is 0 Å². The van der Waals surface area contributed by atoms with Gasteiger partial charge in [-0.15, -0.1) is 0 Å². The molecule has 1 heterocycles. The van der Waals surface area contributed by atoms with Gasteiger partial charge in [-0.2, -0.15) is 0 Å². The second-order valence-electron chi connectivity index (χ2n) is 4.44. The maximum Gasteiger partial charge on any atom is 0.0951 e. The van der Waals surface area contributed by atoms with Gasteiger partial charge in [-0.05, 0) is 38.6 Å². The molecule has 1 aromatic rings. The summed E-state index contributed by atoms with van der Waals surface area (Å²) >= 11 is 0. The second kappa shape index (κ2) is 4.79. The number of aromatic nitrogens is 2. The van der Waals surface area contributed by atoms with Gasteiger partial charge in [0.1, 0.15) is 0 Å². The fourth-order valence-electron chi connectivity index (χ4n) is 2.60. The van der Waals surface area contributed by atoms with E-state index >= 15 is 0 Å². The highest BCUT2D eigenvalue weighted by atomic mass is 15.1. The van der Waals surface area contributed by atoms with Gasteiger partial charge in [-0.25, -0.2) is 4.98 Å². The molecule has 1 aliphatic carbocycles. The van der Waals surface area contributed by atoms with Gasteiger partial charge in [-0.1, -0.05) is 6.92 Å². The second-order valence-corrected chi connectivity index (χ2v) is 4.44. The first kappa shape index (κ1) is 10.7. The van der Waals surface area contributed by atoms with Crippen LogP contribution in [-0.4, -0.2) is 16.1 Å². The Morgan fingerprint density at radius 2 is 2.47 bits per heavy atom. The summed E-state index contributed by atoms with van der Waals surface area (Å²) in [6.07, 6.45) is 8.07. The number of rotatable bonds is 4. The molecule has 0 amide bonds. The topological polar surface area (TPSA) is 43.8 Å². The Morgan fingerprint density at radius 3 is 3.20 bits per heavy atom. The SMILES string of the molecule is CCCn1cnc2c1CCC[C@H]2CCN. The predicted molar refractivity (Wildman–Crippen MR) is 61.9 cm³/mol. The minimum absolute atomic E-state index is 0.622. The summed E-state index contributed by atoms with van der Waals surface area (Å²) in [4.78, 5) is 4.58. The van der Waals surface area contributed by atoms with Gasteiger partial charge >= 0.3 is 0 Å². The molecule has 0 saturated carbocycles. The van der Waals surface area contributed by atoms with E-state index in [0.717, 1.165) is 19.5 Å². The number of nitrogens with two attached hydrogens (primary N) is 1. The molecule has 3 nitrogen and oxygen atoms in total. The van der Waals surface area contributed by atoms with Crippen molar-refractivity contribution >= 4 is 0 Å². The summed E-state index contributed by atoms with van der Waals surface area (Å²) in [7, 11) is 0. The average Bonchev–Trinajstić information content (AvgIpc) is 2.64. The zero-order valence-electron chi connectivity index (χ0n) is 9.58. The Balaban J connectivity index is 2.21. The van der Waals surface area contributed by atoms with Gasteiger partial charge in [0.25, 0.3) is 0 Å². The first-order chi connectivity index (χ1) is 7.36. The molecular formula is C12H21N3. The Hall–Kier alpha value is -0.830. The van der Waals surface area contributed by atoms with Gasteiger partial charge in [0.2, 0.25) is 0 Å². The van der Waals surface area contributed by atoms with E-state index in [-0.39, 0.29) is 0 Å². The van der Waals surface area contributed by atoms with Crippen LogP contribution in [0.5, 0.6) is 0 Å². The highest BCUT2D eigenvalue weighted by Crippen LogP contribution is 2.32. The summed E-state index contributed by atoms with van der Waals surface area (Å²) in [6, 6.07) is 0. The van der Waals surface area contributed by atoms with Crippen LogP contribution >= 0.6 is 0 Å². The van der Waals surface area contributed by atoms with Crippen molar-refractivity contribution in [3.63, 3.8) is 0 Å². The summed E-state index contributed by atoms with van der Waals surface area (Å²) in [5.41, 5.74) is 8.45. The quantitative estimate of drug-likeness (QED) is 0.821. The van der Waals surface area contributed by atoms with Crippen molar-refractivity contribution in [1.82, 2.24) is 9.55 Å². The molecule has 0 saturated heterocycles. The summed E-state index contributed by atoms with van der Waals surface area (Å²) in [5, 5.41) is 0. The smallest absolute Gasteiger partial charge is 0.0951 e. The largest absolute Gasteiger partial charge is 0.334 e. The third kappa shape index (κ3) is 2.07. The lowest BCUT2D eigenvalue weighted by Gasteiger charge is -2.22. The van der Waals surface area contributed by atoms with E-state index in [9.17, 15) is 0 Å². The molecule has 0 spiro atoms. The summed E-state index contributed by atoms with van der Waals surface area (Å²) < 4.78 is 2.33. The Kier molecular flexibility index (Phi) is 3.41. The van der Waals surface area contributed by atoms with E-state index in [0.29, 0.717) is 5.92 Å². The minimum Gasteiger partial charge on any atom is -0.334 e. The van der Waals surface area contributed by atoms with Crippen LogP contribution in [0.1, 0.15) is 49.9 Å². The standard InChI is InChI=1S/C12H21N3/c1-2-8-15-9-14-12-10(6-7-13)4-3-5-11(12)15/h9-10H,2-8,13H2,1H3/t10-/m0/s1. The number of fused-ring (bicyclic) bond motifs is 1. The lowest BCUT2D eigenvalue weighted by Crippen LogP contribution is -2.15. The maximum atomic E-state index is 5.65. The maximum absolute atomic E-state index is 5.65. The average molecular weight is 207 g/mol. The molecular weight excluding hydrogens is 186 g/mol.